The fraction of sp³-hybridized carbons (Fsp3) is 0.250. The molecule has 0 spiro atoms. The molecule has 0 saturated heterocycles. The second-order valence-corrected chi connectivity index (χ2v) is 5.17. The smallest absolute Gasteiger partial charge is 0.0237 e. The van der Waals surface area contributed by atoms with Crippen LogP contribution in [0.25, 0.3) is 6.08 Å². The molecule has 21 heavy (non-hydrogen) atoms. The molecular formula is C20H23N. The summed E-state index contributed by atoms with van der Waals surface area (Å²) in [6, 6.07) is 21.0. The summed E-state index contributed by atoms with van der Waals surface area (Å²) in [6.45, 7) is 0.901. The van der Waals surface area contributed by atoms with Crippen LogP contribution in [0.4, 0.5) is 0 Å². The van der Waals surface area contributed by atoms with Crippen molar-refractivity contribution in [1.82, 2.24) is 5.32 Å². The lowest BCUT2D eigenvalue weighted by molar-refractivity contribution is 0.761. The van der Waals surface area contributed by atoms with Gasteiger partial charge in [0.15, 0.2) is 0 Å². The molecular weight excluding hydrogens is 254 g/mol. The van der Waals surface area contributed by atoms with E-state index in [4.69, 9.17) is 0 Å². The summed E-state index contributed by atoms with van der Waals surface area (Å²) in [4.78, 5) is 0. The van der Waals surface area contributed by atoms with Crippen LogP contribution >= 0.6 is 0 Å². The average molecular weight is 277 g/mol. The lowest BCUT2D eigenvalue weighted by Crippen LogP contribution is -2.10. The summed E-state index contributed by atoms with van der Waals surface area (Å²) in [5.74, 6) is 0. The van der Waals surface area contributed by atoms with Crippen molar-refractivity contribution in [2.45, 2.75) is 19.3 Å². The van der Waals surface area contributed by atoms with Crippen molar-refractivity contribution in [3.63, 3.8) is 0 Å². The molecule has 0 unspecified atom stereocenters. The molecule has 0 atom stereocenters. The maximum Gasteiger partial charge on any atom is 0.0237 e. The van der Waals surface area contributed by atoms with Gasteiger partial charge in [0.05, 0.1) is 0 Å². The zero-order valence-corrected chi connectivity index (χ0v) is 12.7. The third-order valence-electron chi connectivity index (χ3n) is 3.42. The van der Waals surface area contributed by atoms with Gasteiger partial charge in [0.2, 0.25) is 0 Å². The van der Waals surface area contributed by atoms with Crippen LogP contribution in [0.5, 0.6) is 0 Å². The first kappa shape index (κ1) is 15.3. The zero-order valence-electron chi connectivity index (χ0n) is 12.7. The summed E-state index contributed by atoms with van der Waals surface area (Å²) >= 11 is 0. The van der Waals surface area contributed by atoms with Crippen LogP contribution in [0.2, 0.25) is 0 Å². The number of aryl methyl sites for hydroxylation is 1. The Bertz CT molecular complexity index is 578. The summed E-state index contributed by atoms with van der Waals surface area (Å²) in [5.41, 5.74) is 7.40. The normalized spacial score (nSPS) is 9.95. The minimum Gasteiger partial charge on any atom is -0.315 e. The SMILES string of the molecule is CNCC(=C=Cc1ccccc1)CCCc1ccccc1. The van der Waals surface area contributed by atoms with Crippen LogP contribution in [0, 0.1) is 0 Å². The summed E-state index contributed by atoms with van der Waals surface area (Å²) in [7, 11) is 1.99. The Morgan fingerprint density at radius 2 is 1.67 bits per heavy atom. The highest BCUT2D eigenvalue weighted by Crippen LogP contribution is 2.10. The molecule has 0 bridgehead atoms. The van der Waals surface area contributed by atoms with E-state index in [0.717, 1.165) is 25.8 Å². The van der Waals surface area contributed by atoms with Gasteiger partial charge in [0, 0.05) is 6.54 Å². The number of benzene rings is 2. The number of hydrogen-bond donors (Lipinski definition) is 1. The second kappa shape index (κ2) is 8.97. The monoisotopic (exact) mass is 277 g/mol. The van der Waals surface area contributed by atoms with Gasteiger partial charge in [-0.05, 0) is 49.1 Å². The van der Waals surface area contributed by atoms with Crippen LogP contribution in [-0.2, 0) is 6.42 Å². The summed E-state index contributed by atoms with van der Waals surface area (Å²) in [6.07, 6.45) is 5.45. The predicted octanol–water partition coefficient (Wildman–Crippen LogP) is 4.47. The first-order valence-electron chi connectivity index (χ1n) is 7.56. The van der Waals surface area contributed by atoms with E-state index >= 15 is 0 Å². The van der Waals surface area contributed by atoms with E-state index in [-0.39, 0.29) is 0 Å². The number of hydrogen-bond acceptors (Lipinski definition) is 1. The van der Waals surface area contributed by atoms with E-state index in [1.807, 2.05) is 13.1 Å². The molecule has 0 radical (unpaired) electrons. The Morgan fingerprint density at radius 3 is 2.33 bits per heavy atom. The van der Waals surface area contributed by atoms with Crippen molar-refractivity contribution in [2.24, 2.45) is 0 Å². The minimum absolute atomic E-state index is 0.901. The molecule has 1 N–H and O–H groups in total. The van der Waals surface area contributed by atoms with Gasteiger partial charge in [-0.15, -0.1) is 5.73 Å². The maximum absolute atomic E-state index is 3.45. The fourth-order valence-electron chi connectivity index (χ4n) is 2.31. The van der Waals surface area contributed by atoms with Gasteiger partial charge < -0.3 is 5.32 Å². The van der Waals surface area contributed by atoms with Crippen LogP contribution in [0.1, 0.15) is 24.0 Å². The van der Waals surface area contributed by atoms with Crippen LogP contribution < -0.4 is 5.32 Å². The maximum atomic E-state index is 3.45. The van der Waals surface area contributed by atoms with Crippen LogP contribution in [0.3, 0.4) is 0 Å². The van der Waals surface area contributed by atoms with E-state index < -0.39 is 0 Å². The first-order chi connectivity index (χ1) is 10.4. The molecule has 0 fully saturated rings. The number of likely N-dealkylation sites (N-methyl/N-ethyl adjacent to an activating group) is 1. The molecule has 1 nitrogen and oxygen atoms in total. The molecule has 2 rings (SSSR count). The third kappa shape index (κ3) is 5.83. The molecule has 0 aromatic heterocycles. The zero-order chi connectivity index (χ0) is 14.8. The molecule has 0 aliphatic rings. The van der Waals surface area contributed by atoms with E-state index in [1.54, 1.807) is 0 Å². The second-order valence-electron chi connectivity index (χ2n) is 5.17. The molecule has 0 aliphatic heterocycles. The van der Waals surface area contributed by atoms with Crippen LogP contribution in [0.15, 0.2) is 72.0 Å². The summed E-state index contributed by atoms with van der Waals surface area (Å²) in [5, 5.41) is 3.23. The van der Waals surface area contributed by atoms with Crippen molar-refractivity contribution >= 4 is 6.08 Å². The van der Waals surface area contributed by atoms with Crippen molar-refractivity contribution < 1.29 is 0 Å². The van der Waals surface area contributed by atoms with Crippen LogP contribution in [-0.4, -0.2) is 13.6 Å². The van der Waals surface area contributed by atoms with Gasteiger partial charge in [-0.1, -0.05) is 60.7 Å². The van der Waals surface area contributed by atoms with E-state index in [2.05, 4.69) is 71.7 Å². The van der Waals surface area contributed by atoms with E-state index in [1.165, 1.54) is 16.7 Å². The molecule has 0 saturated carbocycles. The molecule has 0 amide bonds. The van der Waals surface area contributed by atoms with Gasteiger partial charge in [-0.3, -0.25) is 0 Å². The molecule has 0 heterocycles. The summed E-state index contributed by atoms with van der Waals surface area (Å²) < 4.78 is 0. The van der Waals surface area contributed by atoms with Crippen molar-refractivity contribution in [1.29, 1.82) is 0 Å². The Balaban J connectivity index is 1.94. The largest absolute Gasteiger partial charge is 0.315 e. The molecule has 2 aromatic rings. The van der Waals surface area contributed by atoms with Gasteiger partial charge in [-0.25, -0.2) is 0 Å². The first-order valence-corrected chi connectivity index (χ1v) is 7.56. The van der Waals surface area contributed by atoms with Gasteiger partial charge in [0.1, 0.15) is 0 Å². The minimum atomic E-state index is 0.901. The highest BCUT2D eigenvalue weighted by atomic mass is 14.8. The molecule has 108 valence electrons. The van der Waals surface area contributed by atoms with E-state index in [0.29, 0.717) is 0 Å². The average Bonchev–Trinajstić information content (AvgIpc) is 2.54. The Kier molecular flexibility index (Phi) is 6.54. The number of nitrogens with one attached hydrogen (secondary N) is 1. The standard InChI is InChI=1S/C20H23N/c1-21-17-20(16-15-19-11-6-3-7-12-19)14-8-13-18-9-4-2-5-10-18/h2-7,9-12,15,21H,8,13-14,17H2,1H3. The van der Waals surface area contributed by atoms with Crippen molar-refractivity contribution in [3.8, 4) is 0 Å². The predicted molar refractivity (Wildman–Crippen MR) is 91.2 cm³/mol. The quantitative estimate of drug-likeness (QED) is 0.736. The van der Waals surface area contributed by atoms with Gasteiger partial charge in [0.25, 0.3) is 0 Å². The van der Waals surface area contributed by atoms with E-state index in [9.17, 15) is 0 Å². The highest BCUT2D eigenvalue weighted by Gasteiger charge is 1.97. The highest BCUT2D eigenvalue weighted by molar-refractivity contribution is 5.48. The third-order valence-corrected chi connectivity index (χ3v) is 3.42. The van der Waals surface area contributed by atoms with Gasteiger partial charge in [-0.2, -0.15) is 0 Å². The topological polar surface area (TPSA) is 12.0 Å². The molecule has 1 heteroatoms. The molecule has 0 aliphatic carbocycles. The fourth-order valence-corrected chi connectivity index (χ4v) is 2.31. The Hall–Kier alpha value is -2.08. The Labute approximate surface area is 128 Å². The van der Waals surface area contributed by atoms with Gasteiger partial charge >= 0.3 is 0 Å². The number of rotatable bonds is 7. The molecule has 2 aromatic carbocycles. The Morgan fingerprint density at radius 1 is 1.00 bits per heavy atom. The lowest BCUT2D eigenvalue weighted by Gasteiger charge is -2.04. The van der Waals surface area contributed by atoms with Crippen molar-refractivity contribution in [2.75, 3.05) is 13.6 Å². The lowest BCUT2D eigenvalue weighted by atomic mass is 10.0. The van der Waals surface area contributed by atoms with Crippen molar-refractivity contribution in [3.05, 3.63) is 83.1 Å².